The fourth-order valence-electron chi connectivity index (χ4n) is 2.58. The summed E-state index contributed by atoms with van der Waals surface area (Å²) in [6.07, 6.45) is 1.45. The summed E-state index contributed by atoms with van der Waals surface area (Å²) in [5, 5.41) is 10.6. The van der Waals surface area contributed by atoms with Gasteiger partial charge in [0.25, 0.3) is 0 Å². The summed E-state index contributed by atoms with van der Waals surface area (Å²) in [5.41, 5.74) is 2.25. The molecule has 1 aliphatic heterocycles. The summed E-state index contributed by atoms with van der Waals surface area (Å²) >= 11 is 1.75. The second-order valence-electron chi connectivity index (χ2n) is 5.35. The highest BCUT2D eigenvalue weighted by Gasteiger charge is 2.27. The van der Waals surface area contributed by atoms with E-state index in [4.69, 9.17) is 4.74 Å². The molecule has 0 aliphatic carbocycles. The van der Waals surface area contributed by atoms with Crippen LogP contribution in [-0.2, 0) is 6.42 Å². The Bertz CT molecular complexity index is 594. The zero-order chi connectivity index (χ0) is 14.7. The molecule has 3 heteroatoms. The maximum absolute atomic E-state index is 10.6. The molecule has 0 bridgehead atoms. The van der Waals surface area contributed by atoms with Gasteiger partial charge in [-0.05, 0) is 29.7 Å². The van der Waals surface area contributed by atoms with Crippen molar-refractivity contribution >= 4 is 11.8 Å². The lowest BCUT2D eigenvalue weighted by Gasteiger charge is -2.29. The molecule has 2 aromatic rings. The summed E-state index contributed by atoms with van der Waals surface area (Å²) in [4.78, 5) is 1.15. The first-order chi connectivity index (χ1) is 10.3. The van der Waals surface area contributed by atoms with Crippen LogP contribution in [0.1, 0.15) is 30.6 Å². The van der Waals surface area contributed by atoms with Gasteiger partial charge in [0, 0.05) is 10.6 Å². The van der Waals surface area contributed by atoms with Gasteiger partial charge in [-0.15, -0.1) is 11.8 Å². The molecule has 2 unspecified atom stereocenters. The van der Waals surface area contributed by atoms with Gasteiger partial charge in [-0.1, -0.05) is 49.7 Å². The fraction of sp³-hybridized carbons (Fsp3) is 0.333. The van der Waals surface area contributed by atoms with Crippen LogP contribution in [0, 0.1) is 0 Å². The number of aliphatic hydroxyl groups excluding tert-OH is 1. The van der Waals surface area contributed by atoms with Crippen LogP contribution in [0.3, 0.4) is 0 Å². The van der Waals surface area contributed by atoms with Gasteiger partial charge in [-0.25, -0.2) is 0 Å². The molecule has 1 heterocycles. The van der Waals surface area contributed by atoms with E-state index in [9.17, 15) is 5.11 Å². The zero-order valence-corrected chi connectivity index (χ0v) is 13.0. The lowest BCUT2D eigenvalue weighted by atomic mass is 10.0. The van der Waals surface area contributed by atoms with Crippen LogP contribution in [0.4, 0.5) is 0 Å². The average Bonchev–Trinajstić information content (AvgIpc) is 2.55. The summed E-state index contributed by atoms with van der Waals surface area (Å²) in [6.45, 7) is 2.17. The van der Waals surface area contributed by atoms with Crippen LogP contribution in [0.5, 0.6) is 5.75 Å². The number of benzene rings is 2. The highest BCUT2D eigenvalue weighted by Crippen LogP contribution is 2.38. The lowest BCUT2D eigenvalue weighted by molar-refractivity contribution is 0.0457. The Morgan fingerprint density at radius 3 is 2.71 bits per heavy atom. The van der Waals surface area contributed by atoms with E-state index in [0.717, 1.165) is 34.8 Å². The maximum atomic E-state index is 10.6. The van der Waals surface area contributed by atoms with E-state index >= 15 is 0 Å². The van der Waals surface area contributed by atoms with Gasteiger partial charge in [0.15, 0.2) is 0 Å². The van der Waals surface area contributed by atoms with Crippen molar-refractivity contribution in [3.63, 3.8) is 0 Å². The smallest absolute Gasteiger partial charge is 0.138 e. The van der Waals surface area contributed by atoms with Crippen molar-refractivity contribution in [1.82, 2.24) is 0 Å². The van der Waals surface area contributed by atoms with Crippen molar-refractivity contribution in [2.45, 2.75) is 36.9 Å². The number of aryl methyl sites for hydroxylation is 1. The molecule has 0 saturated carbocycles. The topological polar surface area (TPSA) is 29.5 Å². The van der Waals surface area contributed by atoms with E-state index in [1.165, 1.54) is 5.56 Å². The molecule has 0 amide bonds. The number of aliphatic hydroxyl groups is 1. The molecule has 2 aromatic carbocycles. The van der Waals surface area contributed by atoms with Gasteiger partial charge < -0.3 is 9.84 Å². The van der Waals surface area contributed by atoms with Crippen molar-refractivity contribution in [3.8, 4) is 5.75 Å². The molecular weight excluding hydrogens is 280 g/mol. The standard InChI is InChI=1S/C18H20O2S/c1-2-5-13-8-10-14(11-9-13)18(19)16-12-21-17-7-4-3-6-15(17)20-16/h3-4,6-11,16,18-19H,2,5,12H2,1H3. The van der Waals surface area contributed by atoms with Crippen LogP contribution >= 0.6 is 11.8 Å². The van der Waals surface area contributed by atoms with Crippen molar-refractivity contribution in [1.29, 1.82) is 0 Å². The van der Waals surface area contributed by atoms with Crippen molar-refractivity contribution in [3.05, 3.63) is 59.7 Å². The minimum atomic E-state index is -0.582. The third-order valence-corrected chi connectivity index (χ3v) is 4.89. The van der Waals surface area contributed by atoms with E-state index in [-0.39, 0.29) is 6.10 Å². The molecule has 1 N–H and O–H groups in total. The fourth-order valence-corrected chi connectivity index (χ4v) is 3.60. The Labute approximate surface area is 130 Å². The first kappa shape index (κ1) is 14.5. The molecule has 0 saturated heterocycles. The zero-order valence-electron chi connectivity index (χ0n) is 12.2. The minimum Gasteiger partial charge on any atom is -0.485 e. The minimum absolute atomic E-state index is 0.193. The molecule has 1 aliphatic rings. The van der Waals surface area contributed by atoms with Gasteiger partial charge in [0.05, 0.1) is 0 Å². The molecular formula is C18H20O2S. The number of hydrogen-bond acceptors (Lipinski definition) is 3. The molecule has 2 nitrogen and oxygen atoms in total. The van der Waals surface area contributed by atoms with E-state index in [1.54, 1.807) is 11.8 Å². The van der Waals surface area contributed by atoms with E-state index in [1.807, 2.05) is 30.3 Å². The number of ether oxygens (including phenoxy) is 1. The second-order valence-corrected chi connectivity index (χ2v) is 6.41. The number of thioether (sulfide) groups is 1. The lowest BCUT2D eigenvalue weighted by Crippen LogP contribution is -2.30. The van der Waals surface area contributed by atoms with Crippen LogP contribution in [0.25, 0.3) is 0 Å². The van der Waals surface area contributed by atoms with Gasteiger partial charge in [0.1, 0.15) is 18.0 Å². The summed E-state index contributed by atoms with van der Waals surface area (Å²) in [5.74, 6) is 1.65. The van der Waals surface area contributed by atoms with Crippen LogP contribution in [-0.4, -0.2) is 17.0 Å². The largest absolute Gasteiger partial charge is 0.485 e. The first-order valence-corrected chi connectivity index (χ1v) is 8.42. The molecule has 2 atom stereocenters. The van der Waals surface area contributed by atoms with Crippen molar-refractivity contribution < 1.29 is 9.84 Å². The number of hydrogen-bond donors (Lipinski definition) is 1. The van der Waals surface area contributed by atoms with Gasteiger partial charge in [0.2, 0.25) is 0 Å². The summed E-state index contributed by atoms with van der Waals surface area (Å²) in [7, 11) is 0. The van der Waals surface area contributed by atoms with Crippen LogP contribution in [0.15, 0.2) is 53.4 Å². The van der Waals surface area contributed by atoms with E-state index in [0.29, 0.717) is 0 Å². The quantitative estimate of drug-likeness (QED) is 0.916. The van der Waals surface area contributed by atoms with Crippen molar-refractivity contribution in [2.24, 2.45) is 0 Å². The Kier molecular flexibility index (Phi) is 4.51. The van der Waals surface area contributed by atoms with Crippen molar-refractivity contribution in [2.75, 3.05) is 5.75 Å². The van der Waals surface area contributed by atoms with E-state index < -0.39 is 6.10 Å². The number of fused-ring (bicyclic) bond motifs is 1. The van der Waals surface area contributed by atoms with Gasteiger partial charge in [-0.2, -0.15) is 0 Å². The van der Waals surface area contributed by atoms with Crippen LogP contribution < -0.4 is 4.74 Å². The predicted molar refractivity (Wildman–Crippen MR) is 87.0 cm³/mol. The Morgan fingerprint density at radius 2 is 1.95 bits per heavy atom. The van der Waals surface area contributed by atoms with E-state index in [2.05, 4.69) is 25.1 Å². The highest BCUT2D eigenvalue weighted by atomic mass is 32.2. The van der Waals surface area contributed by atoms with Gasteiger partial charge >= 0.3 is 0 Å². The molecule has 21 heavy (non-hydrogen) atoms. The maximum Gasteiger partial charge on any atom is 0.138 e. The third-order valence-electron chi connectivity index (χ3n) is 3.74. The number of para-hydroxylation sites is 1. The Balaban J connectivity index is 1.72. The average molecular weight is 300 g/mol. The number of rotatable bonds is 4. The Hall–Kier alpha value is -1.45. The van der Waals surface area contributed by atoms with Crippen LogP contribution in [0.2, 0.25) is 0 Å². The SMILES string of the molecule is CCCc1ccc(C(O)C2CSc3ccccc3O2)cc1. The molecule has 3 rings (SSSR count). The monoisotopic (exact) mass is 300 g/mol. The summed E-state index contributed by atoms with van der Waals surface area (Å²) < 4.78 is 5.96. The summed E-state index contributed by atoms with van der Waals surface area (Å²) in [6, 6.07) is 16.2. The Morgan fingerprint density at radius 1 is 1.19 bits per heavy atom. The molecule has 0 fully saturated rings. The second kappa shape index (κ2) is 6.54. The highest BCUT2D eigenvalue weighted by molar-refractivity contribution is 7.99. The molecule has 0 radical (unpaired) electrons. The van der Waals surface area contributed by atoms with Gasteiger partial charge in [-0.3, -0.25) is 0 Å². The first-order valence-electron chi connectivity index (χ1n) is 7.43. The molecule has 110 valence electrons. The molecule has 0 aromatic heterocycles. The normalized spacial score (nSPS) is 18.7. The predicted octanol–water partition coefficient (Wildman–Crippen LogP) is 4.23. The third kappa shape index (κ3) is 3.25. The molecule has 0 spiro atoms.